The Kier molecular flexibility index (Phi) is 4.43. The van der Waals surface area contributed by atoms with Crippen LogP contribution in [0.5, 0.6) is 0 Å². The van der Waals surface area contributed by atoms with Crippen molar-refractivity contribution in [2.45, 2.75) is 0 Å². The van der Waals surface area contributed by atoms with Crippen molar-refractivity contribution in [2.24, 2.45) is 0 Å². The van der Waals surface area contributed by atoms with Crippen molar-refractivity contribution in [3.8, 4) is 0 Å². The van der Waals surface area contributed by atoms with Crippen LogP contribution >= 0.6 is 0 Å². The van der Waals surface area contributed by atoms with E-state index in [9.17, 15) is 9.59 Å². The fourth-order valence-corrected chi connectivity index (χ4v) is 2.62. The summed E-state index contributed by atoms with van der Waals surface area (Å²) in [5.41, 5.74) is 1.54. The molecule has 1 aromatic carbocycles. The summed E-state index contributed by atoms with van der Waals surface area (Å²) in [6.45, 7) is 4.10. The number of benzene rings is 1. The first kappa shape index (κ1) is 15.3. The summed E-state index contributed by atoms with van der Waals surface area (Å²) in [4.78, 5) is 30.9. The van der Waals surface area contributed by atoms with Crippen molar-refractivity contribution < 1.29 is 4.79 Å². The van der Waals surface area contributed by atoms with Crippen molar-refractivity contribution in [1.29, 1.82) is 0 Å². The second-order valence-electron chi connectivity index (χ2n) is 5.70. The highest BCUT2D eigenvalue weighted by Gasteiger charge is 2.14. The van der Waals surface area contributed by atoms with Gasteiger partial charge in [0.1, 0.15) is 5.56 Å². The van der Waals surface area contributed by atoms with Crippen LogP contribution in [0.25, 0.3) is 0 Å². The molecule has 6 heteroatoms. The zero-order valence-electron chi connectivity index (χ0n) is 13.1. The van der Waals surface area contributed by atoms with Crippen LogP contribution < -0.4 is 15.8 Å². The summed E-state index contributed by atoms with van der Waals surface area (Å²) in [5.74, 6) is -0.404. The predicted octanol–water partition coefficient (Wildman–Crippen LogP) is 1.38. The van der Waals surface area contributed by atoms with Crippen LogP contribution in [-0.4, -0.2) is 49.0 Å². The minimum atomic E-state index is -0.404. The number of carbonyl (C=O) groups excluding carboxylic acids is 1. The summed E-state index contributed by atoms with van der Waals surface area (Å²) < 4.78 is 0. The molecule has 1 aliphatic rings. The summed E-state index contributed by atoms with van der Waals surface area (Å²) in [7, 11) is 2.13. The molecule has 23 heavy (non-hydrogen) atoms. The van der Waals surface area contributed by atoms with Gasteiger partial charge in [-0.15, -0.1) is 0 Å². The quantitative estimate of drug-likeness (QED) is 0.898. The molecule has 3 rings (SSSR count). The fraction of sp³-hybridized carbons (Fsp3) is 0.294. The highest BCUT2D eigenvalue weighted by molar-refractivity contribution is 6.04. The van der Waals surface area contributed by atoms with Gasteiger partial charge in [-0.25, -0.2) is 0 Å². The molecule has 0 bridgehead atoms. The molecule has 120 valence electrons. The topological polar surface area (TPSA) is 68.4 Å². The number of rotatable bonds is 3. The Labute approximate surface area is 134 Å². The molecular formula is C17H20N4O2. The maximum Gasteiger partial charge on any atom is 0.261 e. The van der Waals surface area contributed by atoms with Gasteiger partial charge in [-0.2, -0.15) is 0 Å². The van der Waals surface area contributed by atoms with E-state index >= 15 is 0 Å². The molecule has 0 spiro atoms. The Morgan fingerprint density at radius 3 is 2.43 bits per heavy atom. The highest BCUT2D eigenvalue weighted by atomic mass is 16.2. The lowest BCUT2D eigenvalue weighted by molar-refractivity contribution is 0.102. The largest absolute Gasteiger partial charge is 0.369 e. The van der Waals surface area contributed by atoms with Crippen LogP contribution in [-0.2, 0) is 0 Å². The monoisotopic (exact) mass is 312 g/mol. The molecule has 0 aliphatic carbocycles. The second-order valence-corrected chi connectivity index (χ2v) is 5.70. The Morgan fingerprint density at radius 2 is 1.78 bits per heavy atom. The van der Waals surface area contributed by atoms with E-state index in [0.717, 1.165) is 31.9 Å². The fourth-order valence-electron chi connectivity index (χ4n) is 2.62. The van der Waals surface area contributed by atoms with Gasteiger partial charge >= 0.3 is 0 Å². The van der Waals surface area contributed by atoms with Gasteiger partial charge in [0, 0.05) is 43.8 Å². The number of H-pyrrole nitrogens is 1. The van der Waals surface area contributed by atoms with Gasteiger partial charge < -0.3 is 20.1 Å². The molecule has 6 nitrogen and oxygen atoms in total. The lowest BCUT2D eigenvalue weighted by Gasteiger charge is -2.34. The van der Waals surface area contributed by atoms with Crippen LogP contribution in [0.2, 0.25) is 0 Å². The van der Waals surface area contributed by atoms with Crippen molar-refractivity contribution in [1.82, 2.24) is 9.88 Å². The van der Waals surface area contributed by atoms with Crippen molar-refractivity contribution >= 4 is 17.3 Å². The predicted molar refractivity (Wildman–Crippen MR) is 91.2 cm³/mol. The van der Waals surface area contributed by atoms with E-state index in [1.165, 1.54) is 12.3 Å². The number of nitrogens with zero attached hydrogens (tertiary/aromatic N) is 2. The van der Waals surface area contributed by atoms with E-state index in [1.54, 1.807) is 6.07 Å². The van der Waals surface area contributed by atoms with Crippen LogP contribution in [0, 0.1) is 0 Å². The van der Waals surface area contributed by atoms with Gasteiger partial charge in [0.2, 0.25) is 0 Å². The molecule has 1 amide bonds. The van der Waals surface area contributed by atoms with Crippen molar-refractivity contribution in [3.05, 3.63) is 58.5 Å². The summed E-state index contributed by atoms with van der Waals surface area (Å²) in [6, 6.07) is 10.9. The number of carbonyl (C=O) groups is 1. The average Bonchev–Trinajstić information content (AvgIpc) is 2.57. The molecule has 0 radical (unpaired) electrons. The zero-order chi connectivity index (χ0) is 16.2. The number of anilines is 2. The smallest absolute Gasteiger partial charge is 0.261 e. The zero-order valence-corrected chi connectivity index (χ0v) is 13.1. The Bertz CT molecular complexity index is 731. The molecule has 2 heterocycles. The van der Waals surface area contributed by atoms with Crippen LogP contribution in [0.3, 0.4) is 0 Å². The Hall–Kier alpha value is -2.60. The number of piperazine rings is 1. The second kappa shape index (κ2) is 6.66. The van der Waals surface area contributed by atoms with E-state index in [2.05, 4.69) is 27.1 Å². The van der Waals surface area contributed by atoms with E-state index < -0.39 is 5.91 Å². The average molecular weight is 312 g/mol. The minimum Gasteiger partial charge on any atom is -0.369 e. The number of nitrogens with one attached hydrogen (secondary N) is 2. The number of aromatic amines is 1. The molecule has 2 N–H and O–H groups in total. The van der Waals surface area contributed by atoms with Crippen LogP contribution in [0.4, 0.5) is 11.4 Å². The van der Waals surface area contributed by atoms with Crippen molar-refractivity contribution in [3.63, 3.8) is 0 Å². The van der Waals surface area contributed by atoms with E-state index in [0.29, 0.717) is 5.69 Å². The maximum atomic E-state index is 12.1. The minimum absolute atomic E-state index is 0.107. The standard InChI is InChI=1S/C17H20N4O2/c1-20-9-11-21(12-10-20)14-6-4-13(5-7-14)19-17(23)15-3-2-8-18-16(15)22/h2-8H,9-12H2,1H3,(H,18,22)(H,19,23). The lowest BCUT2D eigenvalue weighted by atomic mass is 10.2. The number of amides is 1. The van der Waals surface area contributed by atoms with Gasteiger partial charge in [-0.05, 0) is 43.4 Å². The SMILES string of the molecule is CN1CCN(c2ccc(NC(=O)c3ccc[nH]c3=O)cc2)CC1. The van der Waals surface area contributed by atoms with E-state index in [4.69, 9.17) is 0 Å². The first-order valence-electron chi connectivity index (χ1n) is 7.66. The molecular weight excluding hydrogens is 292 g/mol. The van der Waals surface area contributed by atoms with Gasteiger partial charge in [0.25, 0.3) is 11.5 Å². The first-order chi connectivity index (χ1) is 11.1. The third kappa shape index (κ3) is 3.60. The van der Waals surface area contributed by atoms with Crippen LogP contribution in [0.15, 0.2) is 47.4 Å². The van der Waals surface area contributed by atoms with E-state index in [1.807, 2.05) is 24.3 Å². The van der Waals surface area contributed by atoms with Crippen molar-refractivity contribution in [2.75, 3.05) is 43.4 Å². The van der Waals surface area contributed by atoms with Gasteiger partial charge in [0.15, 0.2) is 0 Å². The number of pyridine rings is 1. The van der Waals surface area contributed by atoms with E-state index in [-0.39, 0.29) is 11.1 Å². The number of likely N-dealkylation sites (N-methyl/N-ethyl adjacent to an activating group) is 1. The molecule has 0 saturated carbocycles. The first-order valence-corrected chi connectivity index (χ1v) is 7.66. The molecule has 1 aromatic heterocycles. The summed E-state index contributed by atoms with van der Waals surface area (Å²) >= 11 is 0. The summed E-state index contributed by atoms with van der Waals surface area (Å²) in [6.07, 6.45) is 1.50. The molecule has 1 saturated heterocycles. The maximum absolute atomic E-state index is 12.1. The van der Waals surface area contributed by atoms with Gasteiger partial charge in [0.05, 0.1) is 0 Å². The lowest BCUT2D eigenvalue weighted by Crippen LogP contribution is -2.44. The number of aromatic nitrogens is 1. The summed E-state index contributed by atoms with van der Waals surface area (Å²) in [5, 5.41) is 2.75. The third-order valence-electron chi connectivity index (χ3n) is 4.06. The molecule has 1 fully saturated rings. The highest BCUT2D eigenvalue weighted by Crippen LogP contribution is 2.19. The third-order valence-corrected chi connectivity index (χ3v) is 4.06. The Morgan fingerprint density at radius 1 is 1.09 bits per heavy atom. The molecule has 0 atom stereocenters. The number of hydrogen-bond donors (Lipinski definition) is 2. The van der Waals surface area contributed by atoms with Gasteiger partial charge in [-0.3, -0.25) is 9.59 Å². The Balaban J connectivity index is 1.67. The molecule has 0 unspecified atom stereocenters. The number of hydrogen-bond acceptors (Lipinski definition) is 4. The molecule has 2 aromatic rings. The normalized spacial score (nSPS) is 15.4. The van der Waals surface area contributed by atoms with Gasteiger partial charge in [-0.1, -0.05) is 0 Å². The van der Waals surface area contributed by atoms with Crippen LogP contribution in [0.1, 0.15) is 10.4 Å². The molecule has 1 aliphatic heterocycles.